The summed E-state index contributed by atoms with van der Waals surface area (Å²) < 4.78 is 1.53. The molecular formula is C10H15N3O. The molecule has 1 aromatic heterocycles. The van der Waals surface area contributed by atoms with E-state index in [-0.39, 0.29) is 5.56 Å². The molecule has 1 aromatic rings. The molecule has 0 aliphatic heterocycles. The van der Waals surface area contributed by atoms with Gasteiger partial charge in [0, 0.05) is 26.0 Å². The zero-order valence-electron chi connectivity index (χ0n) is 8.58. The van der Waals surface area contributed by atoms with E-state index in [1.165, 1.54) is 17.4 Å². The highest BCUT2D eigenvalue weighted by Gasteiger charge is 2.36. The van der Waals surface area contributed by atoms with Crippen LogP contribution in [0.25, 0.3) is 0 Å². The fourth-order valence-electron chi connectivity index (χ4n) is 1.31. The molecule has 0 amide bonds. The van der Waals surface area contributed by atoms with E-state index in [0.717, 1.165) is 6.54 Å². The summed E-state index contributed by atoms with van der Waals surface area (Å²) in [4.78, 5) is 15.6. The van der Waals surface area contributed by atoms with Crippen LogP contribution in [0.1, 0.15) is 19.8 Å². The summed E-state index contributed by atoms with van der Waals surface area (Å²) in [6.07, 6.45) is 5.78. The molecule has 0 unspecified atom stereocenters. The third-order valence-corrected chi connectivity index (χ3v) is 2.80. The van der Waals surface area contributed by atoms with Gasteiger partial charge in [0.05, 0.1) is 0 Å². The van der Waals surface area contributed by atoms with E-state index >= 15 is 0 Å². The second-order valence-electron chi connectivity index (χ2n) is 4.36. The molecule has 0 bridgehead atoms. The Morgan fingerprint density at radius 1 is 1.64 bits per heavy atom. The zero-order valence-corrected chi connectivity index (χ0v) is 8.58. The second kappa shape index (κ2) is 3.12. The first-order valence-corrected chi connectivity index (χ1v) is 4.86. The van der Waals surface area contributed by atoms with Gasteiger partial charge in [-0.1, -0.05) is 6.92 Å². The van der Waals surface area contributed by atoms with Crippen molar-refractivity contribution in [3.05, 3.63) is 22.7 Å². The average Bonchev–Trinajstić information content (AvgIpc) is 2.88. The van der Waals surface area contributed by atoms with Crippen molar-refractivity contribution in [1.82, 2.24) is 9.55 Å². The first kappa shape index (κ1) is 9.24. The van der Waals surface area contributed by atoms with Crippen LogP contribution in [-0.4, -0.2) is 16.1 Å². The largest absolute Gasteiger partial charge is 0.365 e. The summed E-state index contributed by atoms with van der Waals surface area (Å²) in [7, 11) is 1.73. The van der Waals surface area contributed by atoms with Gasteiger partial charge < -0.3 is 9.88 Å². The highest BCUT2D eigenvalue weighted by molar-refractivity contribution is 5.31. The van der Waals surface area contributed by atoms with Crippen molar-refractivity contribution >= 4 is 5.82 Å². The van der Waals surface area contributed by atoms with Gasteiger partial charge in [0.15, 0.2) is 5.82 Å². The van der Waals surface area contributed by atoms with Crippen molar-refractivity contribution in [3.8, 4) is 0 Å². The smallest absolute Gasteiger partial charge is 0.293 e. The highest BCUT2D eigenvalue weighted by atomic mass is 16.1. The Morgan fingerprint density at radius 3 is 3.00 bits per heavy atom. The predicted molar refractivity (Wildman–Crippen MR) is 55.3 cm³/mol. The lowest BCUT2D eigenvalue weighted by molar-refractivity contribution is 0.608. The molecule has 1 heterocycles. The van der Waals surface area contributed by atoms with Crippen LogP contribution in [0.5, 0.6) is 0 Å². The van der Waals surface area contributed by atoms with Crippen molar-refractivity contribution in [2.45, 2.75) is 19.8 Å². The van der Waals surface area contributed by atoms with Gasteiger partial charge in [-0.2, -0.15) is 0 Å². The van der Waals surface area contributed by atoms with Gasteiger partial charge >= 0.3 is 0 Å². The predicted octanol–water partition coefficient (Wildman–Crippen LogP) is 0.992. The monoisotopic (exact) mass is 193 g/mol. The Labute approximate surface area is 83.0 Å². The molecule has 76 valence electrons. The summed E-state index contributed by atoms with van der Waals surface area (Å²) in [6.45, 7) is 3.06. The molecule has 0 atom stereocenters. The van der Waals surface area contributed by atoms with Gasteiger partial charge in [-0.15, -0.1) is 0 Å². The zero-order chi connectivity index (χ0) is 10.2. The molecule has 0 aromatic carbocycles. The number of hydrogen-bond donors (Lipinski definition) is 1. The maximum absolute atomic E-state index is 11.5. The minimum atomic E-state index is -0.0586. The number of hydrogen-bond acceptors (Lipinski definition) is 3. The topological polar surface area (TPSA) is 46.9 Å². The Hall–Kier alpha value is -1.32. The van der Waals surface area contributed by atoms with Crippen LogP contribution in [0, 0.1) is 5.41 Å². The quantitative estimate of drug-likeness (QED) is 0.778. The number of aryl methyl sites for hydroxylation is 1. The lowest BCUT2D eigenvalue weighted by atomic mass is 10.1. The molecule has 0 radical (unpaired) electrons. The van der Waals surface area contributed by atoms with E-state index in [4.69, 9.17) is 0 Å². The molecule has 0 spiro atoms. The van der Waals surface area contributed by atoms with Crippen molar-refractivity contribution < 1.29 is 0 Å². The molecule has 0 saturated heterocycles. The van der Waals surface area contributed by atoms with Crippen LogP contribution in [0.15, 0.2) is 17.2 Å². The normalized spacial score (nSPS) is 17.9. The molecule has 4 nitrogen and oxygen atoms in total. The second-order valence-corrected chi connectivity index (χ2v) is 4.36. The van der Waals surface area contributed by atoms with Crippen LogP contribution in [-0.2, 0) is 7.05 Å². The van der Waals surface area contributed by atoms with E-state index in [1.807, 2.05) is 0 Å². The number of rotatable bonds is 3. The lowest BCUT2D eigenvalue weighted by Gasteiger charge is -2.10. The fourth-order valence-corrected chi connectivity index (χ4v) is 1.31. The van der Waals surface area contributed by atoms with E-state index in [0.29, 0.717) is 11.2 Å². The molecule has 4 heteroatoms. The number of anilines is 1. The van der Waals surface area contributed by atoms with E-state index < -0.39 is 0 Å². The standard InChI is InChI=1S/C10H15N3O/c1-10(3-4-10)7-12-8-9(14)13(2)6-5-11-8/h5-6H,3-4,7H2,1-2H3,(H,11,12). The fraction of sp³-hybridized carbons (Fsp3) is 0.600. The molecule has 1 aliphatic rings. The third-order valence-electron chi connectivity index (χ3n) is 2.80. The first-order valence-electron chi connectivity index (χ1n) is 4.86. The first-order chi connectivity index (χ1) is 6.61. The maximum atomic E-state index is 11.5. The summed E-state index contributed by atoms with van der Waals surface area (Å²) >= 11 is 0. The van der Waals surface area contributed by atoms with Crippen LogP contribution in [0.4, 0.5) is 5.82 Å². The molecule has 14 heavy (non-hydrogen) atoms. The van der Waals surface area contributed by atoms with Gasteiger partial charge in [0.1, 0.15) is 0 Å². The molecule has 2 rings (SSSR count). The minimum Gasteiger partial charge on any atom is -0.365 e. The van der Waals surface area contributed by atoms with Gasteiger partial charge in [0.25, 0.3) is 5.56 Å². The van der Waals surface area contributed by atoms with E-state index in [1.54, 1.807) is 19.4 Å². The van der Waals surface area contributed by atoms with Crippen molar-refractivity contribution in [1.29, 1.82) is 0 Å². The number of nitrogens with one attached hydrogen (secondary N) is 1. The SMILES string of the molecule is Cn1ccnc(NCC2(C)CC2)c1=O. The van der Waals surface area contributed by atoms with Crippen LogP contribution < -0.4 is 10.9 Å². The Morgan fingerprint density at radius 2 is 2.36 bits per heavy atom. The number of nitrogens with zero attached hydrogens (tertiary/aromatic N) is 2. The van der Waals surface area contributed by atoms with E-state index in [2.05, 4.69) is 17.2 Å². The van der Waals surface area contributed by atoms with Crippen LogP contribution in [0.3, 0.4) is 0 Å². The minimum absolute atomic E-state index is 0.0586. The maximum Gasteiger partial charge on any atom is 0.293 e. The Bertz CT molecular complexity index is 393. The molecule has 1 fully saturated rings. The summed E-state index contributed by atoms with van der Waals surface area (Å²) in [5.74, 6) is 0.461. The number of aromatic nitrogens is 2. The molecule has 1 saturated carbocycles. The Balaban J connectivity index is 2.09. The lowest BCUT2D eigenvalue weighted by Crippen LogP contribution is -2.24. The van der Waals surface area contributed by atoms with Gasteiger partial charge in [0.2, 0.25) is 0 Å². The summed E-state index contributed by atoms with van der Waals surface area (Å²) in [5.41, 5.74) is 0.333. The van der Waals surface area contributed by atoms with Gasteiger partial charge in [-0.3, -0.25) is 4.79 Å². The van der Waals surface area contributed by atoms with Crippen LogP contribution >= 0.6 is 0 Å². The Kier molecular flexibility index (Phi) is 2.06. The van der Waals surface area contributed by atoms with Crippen molar-refractivity contribution in [2.75, 3.05) is 11.9 Å². The molecule has 1 N–H and O–H groups in total. The van der Waals surface area contributed by atoms with Gasteiger partial charge in [-0.25, -0.2) is 4.98 Å². The third kappa shape index (κ3) is 1.78. The average molecular weight is 193 g/mol. The highest BCUT2D eigenvalue weighted by Crippen LogP contribution is 2.44. The summed E-state index contributed by atoms with van der Waals surface area (Å²) in [6, 6.07) is 0. The van der Waals surface area contributed by atoms with Crippen molar-refractivity contribution in [2.24, 2.45) is 12.5 Å². The van der Waals surface area contributed by atoms with Crippen molar-refractivity contribution in [3.63, 3.8) is 0 Å². The molecule has 1 aliphatic carbocycles. The molecular weight excluding hydrogens is 178 g/mol. The summed E-state index contributed by atoms with van der Waals surface area (Å²) in [5, 5.41) is 3.11. The van der Waals surface area contributed by atoms with E-state index in [9.17, 15) is 4.79 Å². The van der Waals surface area contributed by atoms with Crippen LogP contribution in [0.2, 0.25) is 0 Å². The van der Waals surface area contributed by atoms with Gasteiger partial charge in [-0.05, 0) is 18.3 Å².